The summed E-state index contributed by atoms with van der Waals surface area (Å²) in [4.78, 5) is 0. The maximum Gasteiger partial charge on any atom is 0.0398 e. The third-order valence-corrected chi connectivity index (χ3v) is 2.84. The summed E-state index contributed by atoms with van der Waals surface area (Å²) in [6, 6.07) is 5.99. The van der Waals surface area contributed by atoms with E-state index >= 15 is 0 Å². The Kier molecular flexibility index (Phi) is 5.24. The van der Waals surface area contributed by atoms with E-state index in [1.165, 1.54) is 0 Å². The molecule has 1 aromatic carbocycles. The first-order chi connectivity index (χ1) is 6.74. The van der Waals surface area contributed by atoms with Gasteiger partial charge in [0.25, 0.3) is 0 Å². The molecule has 0 saturated carbocycles. The standard InChI is InChI=1S/C11H11Br2N/c1-14-7-3-2-4-9-8-10(12)5-6-11(9)13/h5-6,8,14H,3,7H2,1H3. The molecule has 0 atom stereocenters. The van der Waals surface area contributed by atoms with Crippen LogP contribution in [0.15, 0.2) is 27.1 Å². The van der Waals surface area contributed by atoms with Gasteiger partial charge >= 0.3 is 0 Å². The first-order valence-electron chi connectivity index (χ1n) is 4.32. The lowest BCUT2D eigenvalue weighted by molar-refractivity contribution is 0.818. The fraction of sp³-hybridized carbons (Fsp3) is 0.273. The molecule has 0 spiro atoms. The lowest BCUT2D eigenvalue weighted by atomic mass is 10.2. The Hall–Kier alpha value is -0.300. The molecule has 0 saturated heterocycles. The Morgan fingerprint density at radius 2 is 2.14 bits per heavy atom. The summed E-state index contributed by atoms with van der Waals surface area (Å²) in [5.74, 6) is 6.23. The van der Waals surface area contributed by atoms with Crippen LogP contribution < -0.4 is 5.32 Å². The molecule has 3 heteroatoms. The molecule has 0 fully saturated rings. The third-order valence-electron chi connectivity index (χ3n) is 1.65. The molecular formula is C11H11Br2N. The lowest BCUT2D eigenvalue weighted by Gasteiger charge is -1.96. The van der Waals surface area contributed by atoms with Gasteiger partial charge in [0.05, 0.1) is 0 Å². The van der Waals surface area contributed by atoms with Crippen molar-refractivity contribution >= 4 is 31.9 Å². The third kappa shape index (κ3) is 3.83. The van der Waals surface area contributed by atoms with Crippen LogP contribution in [0.2, 0.25) is 0 Å². The summed E-state index contributed by atoms with van der Waals surface area (Å²) < 4.78 is 2.09. The molecule has 0 aromatic heterocycles. The predicted molar refractivity (Wildman–Crippen MR) is 67.3 cm³/mol. The fourth-order valence-electron chi connectivity index (χ4n) is 0.939. The van der Waals surface area contributed by atoms with Crippen LogP contribution >= 0.6 is 31.9 Å². The molecule has 1 aromatic rings. The molecule has 0 aliphatic heterocycles. The Labute approximate surface area is 102 Å². The topological polar surface area (TPSA) is 12.0 Å². The van der Waals surface area contributed by atoms with Crippen LogP contribution in [0.4, 0.5) is 0 Å². The van der Waals surface area contributed by atoms with E-state index in [9.17, 15) is 0 Å². The van der Waals surface area contributed by atoms with E-state index in [1.54, 1.807) is 0 Å². The van der Waals surface area contributed by atoms with Gasteiger partial charge in [0.2, 0.25) is 0 Å². The van der Waals surface area contributed by atoms with Gasteiger partial charge in [0.1, 0.15) is 0 Å². The smallest absolute Gasteiger partial charge is 0.0398 e. The van der Waals surface area contributed by atoms with Gasteiger partial charge in [-0.15, -0.1) is 0 Å². The molecular weight excluding hydrogens is 306 g/mol. The van der Waals surface area contributed by atoms with E-state index in [1.807, 2.05) is 25.2 Å². The van der Waals surface area contributed by atoms with E-state index < -0.39 is 0 Å². The van der Waals surface area contributed by atoms with Crippen molar-refractivity contribution in [1.82, 2.24) is 5.32 Å². The number of hydrogen-bond acceptors (Lipinski definition) is 1. The summed E-state index contributed by atoms with van der Waals surface area (Å²) in [5, 5.41) is 3.06. The fourth-order valence-corrected chi connectivity index (χ4v) is 1.65. The average molecular weight is 317 g/mol. The highest BCUT2D eigenvalue weighted by Crippen LogP contribution is 2.20. The maximum atomic E-state index is 3.46. The number of halogens is 2. The Balaban J connectivity index is 2.73. The zero-order valence-electron chi connectivity index (χ0n) is 7.90. The maximum absolute atomic E-state index is 3.46. The molecule has 1 rings (SSSR count). The van der Waals surface area contributed by atoms with Crippen molar-refractivity contribution < 1.29 is 0 Å². The quantitative estimate of drug-likeness (QED) is 0.653. The van der Waals surface area contributed by atoms with Crippen molar-refractivity contribution in [1.29, 1.82) is 0 Å². The van der Waals surface area contributed by atoms with Gasteiger partial charge in [-0.2, -0.15) is 0 Å². The molecule has 0 aliphatic carbocycles. The first-order valence-corrected chi connectivity index (χ1v) is 5.91. The van der Waals surface area contributed by atoms with Gasteiger partial charge in [-0.1, -0.05) is 27.8 Å². The van der Waals surface area contributed by atoms with Crippen LogP contribution in [0.3, 0.4) is 0 Å². The molecule has 0 amide bonds. The largest absolute Gasteiger partial charge is 0.319 e. The van der Waals surface area contributed by atoms with Crippen molar-refractivity contribution in [3.05, 3.63) is 32.7 Å². The minimum atomic E-state index is 0.870. The van der Waals surface area contributed by atoms with Crippen molar-refractivity contribution in [3.63, 3.8) is 0 Å². The molecule has 74 valence electrons. The van der Waals surface area contributed by atoms with E-state index in [4.69, 9.17) is 0 Å². The van der Waals surface area contributed by atoms with Gasteiger partial charge in [0, 0.05) is 27.5 Å². The second-order valence-corrected chi connectivity index (χ2v) is 4.55. The van der Waals surface area contributed by atoms with E-state index in [0.29, 0.717) is 0 Å². The number of hydrogen-bond donors (Lipinski definition) is 1. The molecule has 0 aliphatic rings. The van der Waals surface area contributed by atoms with E-state index in [0.717, 1.165) is 27.5 Å². The summed E-state index contributed by atoms with van der Waals surface area (Å²) >= 11 is 6.88. The molecule has 1 nitrogen and oxygen atoms in total. The van der Waals surface area contributed by atoms with Crippen LogP contribution in [-0.4, -0.2) is 13.6 Å². The number of benzene rings is 1. The Morgan fingerprint density at radius 1 is 1.36 bits per heavy atom. The van der Waals surface area contributed by atoms with Crippen LogP contribution in [0.5, 0.6) is 0 Å². The van der Waals surface area contributed by atoms with Crippen LogP contribution in [0, 0.1) is 11.8 Å². The normalized spacial score (nSPS) is 9.36. The summed E-state index contributed by atoms with van der Waals surface area (Å²) in [6.45, 7) is 0.929. The zero-order valence-corrected chi connectivity index (χ0v) is 11.1. The number of nitrogens with one attached hydrogen (secondary N) is 1. The second kappa shape index (κ2) is 6.23. The Morgan fingerprint density at radius 3 is 2.86 bits per heavy atom. The zero-order chi connectivity index (χ0) is 10.4. The minimum absolute atomic E-state index is 0.870. The van der Waals surface area contributed by atoms with Crippen LogP contribution in [0.25, 0.3) is 0 Å². The van der Waals surface area contributed by atoms with Crippen molar-refractivity contribution in [3.8, 4) is 11.8 Å². The molecule has 0 bridgehead atoms. The van der Waals surface area contributed by atoms with Gasteiger partial charge in [-0.3, -0.25) is 0 Å². The van der Waals surface area contributed by atoms with Crippen LogP contribution in [0.1, 0.15) is 12.0 Å². The average Bonchev–Trinajstić information content (AvgIpc) is 2.18. The molecule has 1 N–H and O–H groups in total. The highest BCUT2D eigenvalue weighted by molar-refractivity contribution is 9.11. The molecule has 14 heavy (non-hydrogen) atoms. The molecule has 0 radical (unpaired) electrons. The van der Waals surface area contributed by atoms with E-state index in [-0.39, 0.29) is 0 Å². The summed E-state index contributed by atoms with van der Waals surface area (Å²) in [6.07, 6.45) is 0.870. The second-order valence-electron chi connectivity index (χ2n) is 2.78. The monoisotopic (exact) mass is 315 g/mol. The lowest BCUT2D eigenvalue weighted by Crippen LogP contribution is -2.05. The van der Waals surface area contributed by atoms with Gasteiger partial charge in [-0.05, 0) is 41.2 Å². The minimum Gasteiger partial charge on any atom is -0.319 e. The van der Waals surface area contributed by atoms with Crippen molar-refractivity contribution in [2.75, 3.05) is 13.6 Å². The Bertz CT molecular complexity index is 363. The van der Waals surface area contributed by atoms with Gasteiger partial charge in [-0.25, -0.2) is 0 Å². The number of rotatable bonds is 2. The predicted octanol–water partition coefficient (Wildman–Crippen LogP) is 3.17. The SMILES string of the molecule is CNCCC#Cc1cc(Br)ccc1Br. The van der Waals surface area contributed by atoms with Crippen LogP contribution in [-0.2, 0) is 0 Å². The summed E-state index contributed by atoms with van der Waals surface area (Å²) in [7, 11) is 1.93. The van der Waals surface area contributed by atoms with Gasteiger partial charge < -0.3 is 5.32 Å². The molecule has 0 unspecified atom stereocenters. The highest BCUT2D eigenvalue weighted by Gasteiger charge is 1.95. The van der Waals surface area contributed by atoms with E-state index in [2.05, 4.69) is 49.0 Å². The first kappa shape index (κ1) is 11.8. The highest BCUT2D eigenvalue weighted by atomic mass is 79.9. The molecule has 0 heterocycles. The van der Waals surface area contributed by atoms with Crippen molar-refractivity contribution in [2.24, 2.45) is 0 Å². The summed E-state index contributed by atoms with van der Waals surface area (Å²) in [5.41, 5.74) is 1.02. The van der Waals surface area contributed by atoms with Crippen molar-refractivity contribution in [2.45, 2.75) is 6.42 Å². The van der Waals surface area contributed by atoms with Gasteiger partial charge in [0.15, 0.2) is 0 Å².